The Balaban J connectivity index is 2.15. The van der Waals surface area contributed by atoms with Crippen LogP contribution in [0.1, 0.15) is 58.4 Å². The zero-order chi connectivity index (χ0) is 19.7. The molecule has 0 radical (unpaired) electrons. The van der Waals surface area contributed by atoms with Gasteiger partial charge in [0, 0.05) is 16.8 Å². The topological polar surface area (TPSA) is 53.4 Å². The van der Waals surface area contributed by atoms with Gasteiger partial charge in [0.2, 0.25) is 0 Å². The molecule has 0 spiro atoms. The lowest BCUT2D eigenvalue weighted by molar-refractivity contribution is 0.0513. The van der Waals surface area contributed by atoms with E-state index >= 15 is 0 Å². The first-order valence-corrected chi connectivity index (χ1v) is 8.96. The van der Waals surface area contributed by atoms with Crippen LogP contribution in [-0.4, -0.2) is 21.5 Å². The Morgan fingerprint density at radius 3 is 2.42 bits per heavy atom. The second-order valence-electron chi connectivity index (χ2n) is 8.37. The molecule has 0 aliphatic rings. The Labute approximate surface area is 160 Å². The molecule has 0 unspecified atom stereocenters. The highest BCUT2D eigenvalue weighted by Gasteiger charge is 2.21. The summed E-state index contributed by atoms with van der Waals surface area (Å²) in [6.45, 7) is 14.0. The molecule has 1 heterocycles. The van der Waals surface area contributed by atoms with Crippen molar-refractivity contribution in [3.63, 3.8) is 0 Å². The van der Waals surface area contributed by atoms with E-state index < -0.39 is 11.7 Å². The van der Waals surface area contributed by atoms with Crippen molar-refractivity contribution in [2.24, 2.45) is 0 Å². The van der Waals surface area contributed by atoms with Crippen molar-refractivity contribution in [2.75, 3.05) is 0 Å². The molecule has 5 nitrogen and oxygen atoms in total. The van der Waals surface area contributed by atoms with E-state index in [0.29, 0.717) is 5.69 Å². The quantitative estimate of drug-likeness (QED) is 0.707. The Bertz CT molecular complexity index is 798. The lowest BCUT2D eigenvalue weighted by Crippen LogP contribution is -2.27. The highest BCUT2D eigenvalue weighted by atomic mass is 35.5. The van der Waals surface area contributed by atoms with Gasteiger partial charge in [-0.25, -0.2) is 4.79 Å². The average Bonchev–Trinajstić information content (AvgIpc) is 2.94. The van der Waals surface area contributed by atoms with Crippen LogP contribution in [0.2, 0.25) is 5.02 Å². The zero-order valence-corrected chi connectivity index (χ0v) is 17.3. The summed E-state index contributed by atoms with van der Waals surface area (Å²) < 4.78 is 12.5. The minimum Gasteiger partial charge on any atom is -0.487 e. The predicted molar refractivity (Wildman–Crippen MR) is 103 cm³/mol. The SMILES string of the molecule is Cc1cc(OCc2ccn(C(=O)OC(C)(C)C)n2)c(C(C)(C)C)cc1Cl. The maximum atomic E-state index is 12.0. The first-order valence-electron chi connectivity index (χ1n) is 8.58. The predicted octanol–water partition coefficient (Wildman–Crippen LogP) is 5.50. The molecule has 0 aliphatic heterocycles. The van der Waals surface area contributed by atoms with Gasteiger partial charge in [-0.3, -0.25) is 0 Å². The van der Waals surface area contributed by atoms with Crippen molar-refractivity contribution in [1.82, 2.24) is 9.78 Å². The first-order chi connectivity index (χ1) is 11.9. The summed E-state index contributed by atoms with van der Waals surface area (Å²) >= 11 is 6.28. The van der Waals surface area contributed by atoms with Crippen LogP contribution in [0.4, 0.5) is 4.79 Å². The van der Waals surface area contributed by atoms with Crippen molar-refractivity contribution in [2.45, 2.75) is 66.1 Å². The minimum absolute atomic E-state index is 0.109. The minimum atomic E-state index is -0.567. The molecular weight excluding hydrogens is 352 g/mol. The molecule has 0 saturated heterocycles. The Morgan fingerprint density at radius 1 is 1.19 bits per heavy atom. The molecule has 0 saturated carbocycles. The van der Waals surface area contributed by atoms with E-state index in [-0.39, 0.29) is 12.0 Å². The molecule has 2 rings (SSSR count). The van der Waals surface area contributed by atoms with Gasteiger partial charge >= 0.3 is 6.09 Å². The molecule has 6 heteroatoms. The summed E-state index contributed by atoms with van der Waals surface area (Å²) in [6.07, 6.45) is 1.06. The molecular formula is C20H27ClN2O3. The van der Waals surface area contributed by atoms with Gasteiger partial charge < -0.3 is 9.47 Å². The maximum Gasteiger partial charge on any atom is 0.435 e. The summed E-state index contributed by atoms with van der Waals surface area (Å²) in [5.41, 5.74) is 1.95. The number of aryl methyl sites for hydroxylation is 1. The normalized spacial score (nSPS) is 12.2. The van der Waals surface area contributed by atoms with Gasteiger partial charge in [-0.15, -0.1) is 0 Å². The van der Waals surface area contributed by atoms with E-state index in [9.17, 15) is 4.79 Å². The highest BCUT2D eigenvalue weighted by Crippen LogP contribution is 2.35. The van der Waals surface area contributed by atoms with E-state index in [0.717, 1.165) is 21.9 Å². The van der Waals surface area contributed by atoms with E-state index in [2.05, 4.69) is 25.9 Å². The smallest absolute Gasteiger partial charge is 0.435 e. The van der Waals surface area contributed by atoms with Crippen LogP contribution in [-0.2, 0) is 16.8 Å². The molecule has 1 aromatic carbocycles. The van der Waals surface area contributed by atoms with Crippen molar-refractivity contribution in [1.29, 1.82) is 0 Å². The lowest BCUT2D eigenvalue weighted by atomic mass is 9.86. The second-order valence-corrected chi connectivity index (χ2v) is 8.78. The molecule has 2 aromatic rings. The number of aromatic nitrogens is 2. The molecule has 0 N–H and O–H groups in total. The van der Waals surface area contributed by atoms with Gasteiger partial charge in [0.15, 0.2) is 0 Å². The summed E-state index contributed by atoms with van der Waals surface area (Å²) in [4.78, 5) is 12.0. The van der Waals surface area contributed by atoms with Gasteiger partial charge in [0.05, 0.1) is 0 Å². The number of rotatable bonds is 3. The third-order valence-corrected chi connectivity index (χ3v) is 4.08. The number of ether oxygens (including phenoxy) is 2. The molecule has 0 bridgehead atoms. The van der Waals surface area contributed by atoms with Crippen LogP contribution < -0.4 is 4.74 Å². The third-order valence-electron chi connectivity index (χ3n) is 3.67. The monoisotopic (exact) mass is 378 g/mol. The zero-order valence-electron chi connectivity index (χ0n) is 16.5. The fraction of sp³-hybridized carbons (Fsp3) is 0.500. The molecule has 0 amide bonds. The van der Waals surface area contributed by atoms with Crippen LogP contribution in [0.3, 0.4) is 0 Å². The third kappa shape index (κ3) is 5.24. The molecule has 0 fully saturated rings. The number of carbonyl (C=O) groups is 1. The summed E-state index contributed by atoms with van der Waals surface area (Å²) in [5, 5.41) is 4.95. The summed E-state index contributed by atoms with van der Waals surface area (Å²) in [6, 6.07) is 5.63. The van der Waals surface area contributed by atoms with Crippen molar-refractivity contribution in [3.8, 4) is 5.75 Å². The van der Waals surface area contributed by atoms with Gasteiger partial charge in [0.1, 0.15) is 23.7 Å². The Morgan fingerprint density at radius 2 is 1.85 bits per heavy atom. The van der Waals surface area contributed by atoms with Crippen molar-refractivity contribution in [3.05, 3.63) is 46.2 Å². The van der Waals surface area contributed by atoms with Crippen LogP contribution in [0.15, 0.2) is 24.4 Å². The van der Waals surface area contributed by atoms with Crippen molar-refractivity contribution >= 4 is 17.7 Å². The highest BCUT2D eigenvalue weighted by molar-refractivity contribution is 6.31. The Hall–Kier alpha value is -2.01. The lowest BCUT2D eigenvalue weighted by Gasteiger charge is -2.23. The number of hydrogen-bond donors (Lipinski definition) is 0. The van der Waals surface area contributed by atoms with Gasteiger partial charge in [-0.05, 0) is 56.9 Å². The fourth-order valence-electron chi connectivity index (χ4n) is 2.36. The van der Waals surface area contributed by atoms with Crippen LogP contribution in [0, 0.1) is 6.92 Å². The van der Waals surface area contributed by atoms with Gasteiger partial charge in [-0.1, -0.05) is 32.4 Å². The molecule has 142 valence electrons. The molecule has 0 atom stereocenters. The molecule has 0 aliphatic carbocycles. The Kier molecular flexibility index (Phi) is 5.71. The maximum absolute atomic E-state index is 12.0. The van der Waals surface area contributed by atoms with E-state index in [1.165, 1.54) is 4.68 Å². The van der Waals surface area contributed by atoms with Gasteiger partial charge in [0.25, 0.3) is 0 Å². The van der Waals surface area contributed by atoms with E-state index in [1.807, 2.05) is 39.8 Å². The summed E-state index contributed by atoms with van der Waals surface area (Å²) in [5.74, 6) is 0.770. The number of halogens is 1. The van der Waals surface area contributed by atoms with Crippen LogP contribution in [0.5, 0.6) is 5.75 Å². The van der Waals surface area contributed by atoms with E-state index in [1.54, 1.807) is 12.3 Å². The largest absolute Gasteiger partial charge is 0.487 e. The van der Waals surface area contributed by atoms with Crippen LogP contribution >= 0.6 is 11.6 Å². The second kappa shape index (κ2) is 7.31. The van der Waals surface area contributed by atoms with Crippen LogP contribution in [0.25, 0.3) is 0 Å². The number of benzene rings is 1. The number of hydrogen-bond acceptors (Lipinski definition) is 4. The molecule has 26 heavy (non-hydrogen) atoms. The first kappa shape index (κ1) is 20.3. The van der Waals surface area contributed by atoms with Crippen molar-refractivity contribution < 1.29 is 14.3 Å². The number of carbonyl (C=O) groups excluding carboxylic acids is 1. The van der Waals surface area contributed by atoms with E-state index in [4.69, 9.17) is 21.1 Å². The standard InChI is InChI=1S/C20H27ClN2O3/c1-13-10-17(15(11-16(13)21)19(2,3)4)25-12-14-8-9-23(22-14)18(24)26-20(5,6)7/h8-11H,12H2,1-7H3. The molecule has 1 aromatic heterocycles. The summed E-state index contributed by atoms with van der Waals surface area (Å²) in [7, 11) is 0. The average molecular weight is 379 g/mol. The number of nitrogens with zero attached hydrogens (tertiary/aromatic N) is 2. The fourth-order valence-corrected chi connectivity index (χ4v) is 2.52. The van der Waals surface area contributed by atoms with Gasteiger partial charge in [-0.2, -0.15) is 9.78 Å².